The molecule has 0 aromatic carbocycles. The van der Waals surface area contributed by atoms with Crippen LogP contribution in [0.4, 0.5) is 0 Å². The first-order chi connectivity index (χ1) is 12.9. The zero-order chi connectivity index (χ0) is 19.2. The Balaban J connectivity index is 1.51. The summed E-state index contributed by atoms with van der Waals surface area (Å²) < 4.78 is 0. The normalized spacial score (nSPS) is 47.0. The van der Waals surface area contributed by atoms with Crippen molar-refractivity contribution in [3.8, 4) is 11.8 Å². The first-order valence-electron chi connectivity index (χ1n) is 11.9. The Morgan fingerprint density at radius 3 is 2.52 bits per heavy atom. The van der Waals surface area contributed by atoms with Crippen LogP contribution >= 0.6 is 0 Å². The lowest BCUT2D eigenvalue weighted by Crippen LogP contribution is -2.53. The monoisotopic (exact) mass is 368 g/mol. The highest BCUT2D eigenvalue weighted by molar-refractivity contribution is 5.93. The SMILES string of the molecule is CC(=O)C#CC[C@@H](C)[C@H]1CC[C@H]2[C@@H]3CCC4CCCC[C@]4(C)[C@H]3CC[C@]12C. The van der Waals surface area contributed by atoms with Crippen LogP contribution in [0.3, 0.4) is 0 Å². The van der Waals surface area contributed by atoms with Crippen molar-refractivity contribution in [3.05, 3.63) is 0 Å². The van der Waals surface area contributed by atoms with E-state index in [1.54, 1.807) is 6.92 Å². The van der Waals surface area contributed by atoms with Crippen LogP contribution in [0.15, 0.2) is 0 Å². The van der Waals surface area contributed by atoms with Gasteiger partial charge in [0.25, 0.3) is 0 Å². The van der Waals surface area contributed by atoms with Gasteiger partial charge in [0.2, 0.25) is 5.78 Å². The second-order valence-corrected chi connectivity index (χ2v) is 11.2. The molecule has 0 amide bonds. The van der Waals surface area contributed by atoms with E-state index in [1.165, 1.54) is 64.2 Å². The summed E-state index contributed by atoms with van der Waals surface area (Å²) in [5, 5.41) is 0. The molecule has 8 atom stereocenters. The topological polar surface area (TPSA) is 17.1 Å². The predicted octanol–water partition coefficient (Wildman–Crippen LogP) is 6.65. The molecule has 150 valence electrons. The van der Waals surface area contributed by atoms with Gasteiger partial charge < -0.3 is 0 Å². The highest BCUT2D eigenvalue weighted by Gasteiger charge is 2.59. The van der Waals surface area contributed by atoms with E-state index in [4.69, 9.17) is 0 Å². The molecule has 1 nitrogen and oxygen atoms in total. The molecule has 0 aromatic heterocycles. The minimum Gasteiger partial charge on any atom is -0.285 e. The molecule has 1 heteroatoms. The average Bonchev–Trinajstić information content (AvgIpc) is 2.98. The fraction of sp³-hybridized carbons (Fsp3) is 0.885. The molecule has 4 aliphatic carbocycles. The molecular weight excluding hydrogens is 328 g/mol. The smallest absolute Gasteiger partial charge is 0.202 e. The van der Waals surface area contributed by atoms with Crippen LogP contribution in [-0.4, -0.2) is 5.78 Å². The molecule has 4 rings (SSSR count). The Kier molecular flexibility index (Phi) is 5.24. The summed E-state index contributed by atoms with van der Waals surface area (Å²) in [5.74, 6) is 11.4. The summed E-state index contributed by atoms with van der Waals surface area (Å²) >= 11 is 0. The van der Waals surface area contributed by atoms with Gasteiger partial charge in [-0.15, -0.1) is 0 Å². The molecule has 1 unspecified atom stereocenters. The first kappa shape index (κ1) is 19.5. The van der Waals surface area contributed by atoms with Crippen LogP contribution in [0, 0.1) is 58.2 Å². The van der Waals surface area contributed by atoms with E-state index < -0.39 is 0 Å². The van der Waals surface area contributed by atoms with Gasteiger partial charge in [0.1, 0.15) is 0 Å². The lowest BCUT2D eigenvalue weighted by atomic mass is 9.44. The number of fused-ring (bicyclic) bond motifs is 5. The van der Waals surface area contributed by atoms with Crippen molar-refractivity contribution in [2.75, 3.05) is 0 Å². The van der Waals surface area contributed by atoms with Crippen LogP contribution < -0.4 is 0 Å². The third kappa shape index (κ3) is 3.20. The molecule has 27 heavy (non-hydrogen) atoms. The summed E-state index contributed by atoms with van der Waals surface area (Å²) in [6.07, 6.45) is 15.7. The maximum atomic E-state index is 11.2. The van der Waals surface area contributed by atoms with Crippen LogP contribution in [0.5, 0.6) is 0 Å². The van der Waals surface area contributed by atoms with Crippen molar-refractivity contribution in [2.45, 2.75) is 98.3 Å². The fourth-order valence-electron chi connectivity index (χ4n) is 8.75. The molecule has 0 aromatic rings. The van der Waals surface area contributed by atoms with Gasteiger partial charge in [-0.25, -0.2) is 0 Å². The van der Waals surface area contributed by atoms with Crippen molar-refractivity contribution >= 4 is 5.78 Å². The number of rotatable bonds is 2. The van der Waals surface area contributed by atoms with Crippen molar-refractivity contribution in [1.29, 1.82) is 0 Å². The maximum Gasteiger partial charge on any atom is 0.202 e. The average molecular weight is 369 g/mol. The van der Waals surface area contributed by atoms with Crippen molar-refractivity contribution in [3.63, 3.8) is 0 Å². The first-order valence-corrected chi connectivity index (χ1v) is 11.9. The quantitative estimate of drug-likeness (QED) is 0.394. The van der Waals surface area contributed by atoms with E-state index >= 15 is 0 Å². The highest BCUT2D eigenvalue weighted by Crippen LogP contribution is 2.68. The second kappa shape index (κ2) is 7.24. The zero-order valence-corrected chi connectivity index (χ0v) is 18.2. The molecule has 4 fully saturated rings. The molecule has 4 saturated carbocycles. The molecule has 0 aliphatic heterocycles. The van der Waals surface area contributed by atoms with E-state index in [1.807, 2.05) is 0 Å². The van der Waals surface area contributed by atoms with Crippen molar-refractivity contribution < 1.29 is 4.79 Å². The summed E-state index contributed by atoms with van der Waals surface area (Å²) in [4.78, 5) is 11.2. The number of ketones is 1. The van der Waals surface area contributed by atoms with E-state index in [0.717, 1.165) is 36.0 Å². The van der Waals surface area contributed by atoms with E-state index in [-0.39, 0.29) is 5.78 Å². The maximum absolute atomic E-state index is 11.2. The third-order valence-electron chi connectivity index (χ3n) is 10.0. The summed E-state index contributed by atoms with van der Waals surface area (Å²) in [5.41, 5.74) is 1.18. The minimum atomic E-state index is 0.00991. The van der Waals surface area contributed by atoms with Crippen LogP contribution in [-0.2, 0) is 4.79 Å². The van der Waals surface area contributed by atoms with Crippen molar-refractivity contribution in [1.82, 2.24) is 0 Å². The van der Waals surface area contributed by atoms with Gasteiger partial charge in [0, 0.05) is 13.3 Å². The lowest BCUT2D eigenvalue weighted by Gasteiger charge is -2.60. The van der Waals surface area contributed by atoms with Gasteiger partial charge in [-0.3, -0.25) is 4.79 Å². The van der Waals surface area contributed by atoms with Crippen molar-refractivity contribution in [2.24, 2.45) is 46.3 Å². The molecule has 0 bridgehead atoms. The lowest BCUT2D eigenvalue weighted by molar-refractivity contribution is -0.114. The third-order valence-corrected chi connectivity index (χ3v) is 10.0. The Hall–Kier alpha value is -0.770. The van der Waals surface area contributed by atoms with Gasteiger partial charge in [0.05, 0.1) is 0 Å². The number of hydrogen-bond donors (Lipinski definition) is 0. The van der Waals surface area contributed by atoms with Gasteiger partial charge in [-0.05, 0) is 104 Å². The molecule has 0 heterocycles. The predicted molar refractivity (Wildman–Crippen MR) is 112 cm³/mol. The zero-order valence-electron chi connectivity index (χ0n) is 18.2. The van der Waals surface area contributed by atoms with E-state index in [0.29, 0.717) is 16.7 Å². The highest BCUT2D eigenvalue weighted by atomic mass is 16.1. The Morgan fingerprint density at radius 1 is 0.963 bits per heavy atom. The van der Waals surface area contributed by atoms with Crippen LogP contribution in [0.1, 0.15) is 98.3 Å². The Bertz CT molecular complexity index is 638. The number of hydrogen-bond acceptors (Lipinski definition) is 1. The largest absolute Gasteiger partial charge is 0.285 e. The summed E-state index contributed by atoms with van der Waals surface area (Å²) in [6, 6.07) is 0. The Morgan fingerprint density at radius 2 is 1.74 bits per heavy atom. The van der Waals surface area contributed by atoms with E-state index in [2.05, 4.69) is 32.6 Å². The fourth-order valence-corrected chi connectivity index (χ4v) is 8.75. The number of carbonyl (C=O) groups excluding carboxylic acids is 1. The number of Topliss-reactive ketones (excluding diaryl/α,β-unsaturated/α-hetero) is 1. The molecule has 0 N–H and O–H groups in total. The summed E-state index contributed by atoms with van der Waals surface area (Å²) in [6.45, 7) is 9.30. The summed E-state index contributed by atoms with van der Waals surface area (Å²) in [7, 11) is 0. The van der Waals surface area contributed by atoms with E-state index in [9.17, 15) is 4.79 Å². The standard InChI is InChI=1S/C26H40O/c1-18(8-7-9-19(2)27)22-13-14-23-21-12-11-20-10-5-6-16-25(20,3)24(21)15-17-26(22,23)4/h18,20-24H,5-6,8,10-17H2,1-4H3/t18-,20?,21+,22-,23+,24+,25+,26-/m1/s1. The molecule has 0 radical (unpaired) electrons. The van der Waals surface area contributed by atoms with Gasteiger partial charge in [-0.2, -0.15) is 0 Å². The minimum absolute atomic E-state index is 0.00991. The second-order valence-electron chi connectivity index (χ2n) is 11.2. The van der Waals surface area contributed by atoms with Crippen LogP contribution in [0.2, 0.25) is 0 Å². The molecule has 4 aliphatic rings. The van der Waals surface area contributed by atoms with Gasteiger partial charge in [0.15, 0.2) is 0 Å². The van der Waals surface area contributed by atoms with Gasteiger partial charge in [-0.1, -0.05) is 39.5 Å². The van der Waals surface area contributed by atoms with Gasteiger partial charge >= 0.3 is 0 Å². The number of carbonyl (C=O) groups is 1. The Labute approximate surface area is 167 Å². The molecule has 0 spiro atoms. The van der Waals surface area contributed by atoms with Crippen LogP contribution in [0.25, 0.3) is 0 Å². The molecular formula is C26H40O. The molecule has 0 saturated heterocycles.